The van der Waals surface area contributed by atoms with Gasteiger partial charge in [-0.05, 0) is 81.2 Å². The van der Waals surface area contributed by atoms with Crippen LogP contribution in [0.25, 0.3) is 11.3 Å². The van der Waals surface area contributed by atoms with E-state index in [1.807, 2.05) is 26.8 Å². The zero-order valence-electron chi connectivity index (χ0n) is 21.9. The lowest BCUT2D eigenvalue weighted by Gasteiger charge is -2.29. The summed E-state index contributed by atoms with van der Waals surface area (Å²) in [7, 11) is 0. The van der Waals surface area contributed by atoms with E-state index in [1.54, 1.807) is 18.2 Å². The van der Waals surface area contributed by atoms with Crippen LogP contribution >= 0.6 is 0 Å². The molecule has 0 saturated carbocycles. The number of unbranched alkanes of at least 4 members (excludes halogenated alkanes) is 1. The normalized spacial score (nSPS) is 15.8. The van der Waals surface area contributed by atoms with E-state index in [-0.39, 0.29) is 11.6 Å². The van der Waals surface area contributed by atoms with Gasteiger partial charge in [0, 0.05) is 22.4 Å². The molecular formula is C31H33F2NO3. The van der Waals surface area contributed by atoms with Crippen molar-refractivity contribution in [3.05, 3.63) is 112 Å². The van der Waals surface area contributed by atoms with Gasteiger partial charge < -0.3 is 15.2 Å². The number of benzene rings is 2. The average Bonchev–Trinajstić information content (AvgIpc) is 2.86. The molecule has 2 N–H and O–H groups in total. The minimum Gasteiger partial charge on any atom is -0.478 e. The van der Waals surface area contributed by atoms with Crippen LogP contribution in [0.2, 0.25) is 0 Å². The van der Waals surface area contributed by atoms with Gasteiger partial charge in [0.05, 0.1) is 11.6 Å². The lowest BCUT2D eigenvalue weighted by molar-refractivity contribution is -0.132. The predicted octanol–water partition coefficient (Wildman–Crippen LogP) is 8.03. The van der Waals surface area contributed by atoms with Crippen molar-refractivity contribution in [1.29, 1.82) is 0 Å². The fourth-order valence-corrected chi connectivity index (χ4v) is 4.28. The standard InChI is InChI=1S/C31H33F2NO3/c1-7-9-11-23-19(4)29(22-13-14-26(32)27(33)17-22)37-30-24(15-18(3)16-25(23)30)21(6)34-28(12-10-8-2)20(5)31(35)36/h8,10-17,21,34H,2,7,9H2,1,3-6H3,(H,35,36)/b12-10-,23-11?,28-20-. The average molecular weight is 506 g/mol. The number of hydrogen-bond donors (Lipinski definition) is 2. The first-order chi connectivity index (χ1) is 17.6. The topological polar surface area (TPSA) is 58.6 Å². The molecule has 3 rings (SSSR count). The van der Waals surface area contributed by atoms with Crippen LogP contribution in [0.3, 0.4) is 0 Å². The van der Waals surface area contributed by atoms with Gasteiger partial charge in [-0.15, -0.1) is 0 Å². The van der Waals surface area contributed by atoms with E-state index in [2.05, 4.69) is 31.0 Å². The molecule has 4 nitrogen and oxygen atoms in total. The molecule has 0 aliphatic carbocycles. The van der Waals surface area contributed by atoms with Crippen LogP contribution in [-0.2, 0) is 4.79 Å². The highest BCUT2D eigenvalue weighted by molar-refractivity contribution is 5.93. The molecule has 37 heavy (non-hydrogen) atoms. The van der Waals surface area contributed by atoms with Crippen molar-refractivity contribution >= 4 is 17.3 Å². The molecule has 0 spiro atoms. The SMILES string of the molecule is C=C/C=C\C(NC(C)c1cc(C)cc2c1OC(c1ccc(F)c(F)c1)=C(C)C2=CCCC)=C(/C)C(=O)O. The largest absolute Gasteiger partial charge is 0.478 e. The molecule has 0 fully saturated rings. The maximum absolute atomic E-state index is 14.2. The summed E-state index contributed by atoms with van der Waals surface area (Å²) in [6.07, 6.45) is 8.84. The zero-order chi connectivity index (χ0) is 27.3. The zero-order valence-corrected chi connectivity index (χ0v) is 21.9. The molecule has 1 unspecified atom stereocenters. The number of rotatable bonds is 9. The number of hydrogen-bond acceptors (Lipinski definition) is 3. The highest BCUT2D eigenvalue weighted by Gasteiger charge is 2.28. The van der Waals surface area contributed by atoms with E-state index in [1.165, 1.54) is 13.0 Å². The Bertz CT molecular complexity index is 1350. The molecule has 0 amide bonds. The van der Waals surface area contributed by atoms with E-state index in [0.717, 1.165) is 52.8 Å². The Kier molecular flexibility index (Phi) is 8.87. The number of ether oxygens (including phenoxy) is 1. The van der Waals surface area contributed by atoms with E-state index < -0.39 is 17.6 Å². The second-order valence-electron chi connectivity index (χ2n) is 9.13. The summed E-state index contributed by atoms with van der Waals surface area (Å²) < 4.78 is 34.3. The molecule has 1 aliphatic rings. The van der Waals surface area contributed by atoms with Gasteiger partial charge in [-0.1, -0.05) is 44.2 Å². The van der Waals surface area contributed by atoms with Gasteiger partial charge in [0.15, 0.2) is 11.6 Å². The van der Waals surface area contributed by atoms with Crippen molar-refractivity contribution < 1.29 is 23.4 Å². The summed E-state index contributed by atoms with van der Waals surface area (Å²) >= 11 is 0. The van der Waals surface area contributed by atoms with Crippen LogP contribution in [-0.4, -0.2) is 11.1 Å². The number of aliphatic carboxylic acids is 1. The minimum absolute atomic E-state index is 0.161. The summed E-state index contributed by atoms with van der Waals surface area (Å²) in [6, 6.07) is 7.44. The number of carboxylic acid groups (broad SMARTS) is 1. The van der Waals surface area contributed by atoms with Gasteiger partial charge in [-0.25, -0.2) is 13.6 Å². The minimum atomic E-state index is -1.03. The Hall–Kier alpha value is -3.93. The lowest BCUT2D eigenvalue weighted by atomic mass is 9.87. The summed E-state index contributed by atoms with van der Waals surface area (Å²) in [6.45, 7) is 13.1. The first-order valence-corrected chi connectivity index (χ1v) is 12.3. The number of carbonyl (C=O) groups is 1. The van der Waals surface area contributed by atoms with Crippen LogP contribution in [0.4, 0.5) is 8.78 Å². The predicted molar refractivity (Wildman–Crippen MR) is 145 cm³/mol. The second kappa shape index (κ2) is 11.9. The Balaban J connectivity index is 2.19. The van der Waals surface area contributed by atoms with E-state index >= 15 is 0 Å². The van der Waals surface area contributed by atoms with Crippen molar-refractivity contribution in [3.8, 4) is 5.75 Å². The fraction of sp³-hybridized carbons (Fsp3) is 0.258. The van der Waals surface area contributed by atoms with Crippen molar-refractivity contribution in [2.24, 2.45) is 0 Å². The molecule has 2 aromatic rings. The van der Waals surface area contributed by atoms with Gasteiger partial charge in [0.25, 0.3) is 0 Å². The van der Waals surface area contributed by atoms with Gasteiger partial charge in [0.2, 0.25) is 0 Å². The van der Waals surface area contributed by atoms with E-state index in [9.17, 15) is 18.7 Å². The van der Waals surface area contributed by atoms with Crippen molar-refractivity contribution in [3.63, 3.8) is 0 Å². The molecule has 6 heteroatoms. The van der Waals surface area contributed by atoms with Crippen LogP contribution in [0.1, 0.15) is 68.8 Å². The lowest BCUT2D eigenvalue weighted by Crippen LogP contribution is -2.22. The van der Waals surface area contributed by atoms with Crippen molar-refractivity contribution in [1.82, 2.24) is 5.32 Å². The maximum atomic E-state index is 14.2. The third-order valence-electron chi connectivity index (χ3n) is 6.28. The van der Waals surface area contributed by atoms with Gasteiger partial charge in [-0.3, -0.25) is 0 Å². The number of fused-ring (bicyclic) bond motifs is 1. The molecule has 0 radical (unpaired) electrons. The van der Waals surface area contributed by atoms with Gasteiger partial charge in [0.1, 0.15) is 11.5 Å². The number of halogens is 2. The molecule has 1 atom stereocenters. The van der Waals surface area contributed by atoms with Crippen LogP contribution in [0.15, 0.2) is 78.1 Å². The summed E-state index contributed by atoms with van der Waals surface area (Å²) in [5.41, 5.74) is 5.59. The second-order valence-corrected chi connectivity index (χ2v) is 9.13. The van der Waals surface area contributed by atoms with Crippen LogP contribution in [0.5, 0.6) is 5.75 Å². The van der Waals surface area contributed by atoms with Crippen LogP contribution < -0.4 is 10.1 Å². The highest BCUT2D eigenvalue weighted by atomic mass is 19.2. The van der Waals surface area contributed by atoms with E-state index in [4.69, 9.17) is 4.74 Å². The number of allylic oxidation sites excluding steroid dienone is 6. The highest BCUT2D eigenvalue weighted by Crippen LogP contribution is 2.46. The first kappa shape index (κ1) is 27.7. The molecule has 1 heterocycles. The smallest absolute Gasteiger partial charge is 0.333 e. The Morgan fingerprint density at radius 2 is 1.92 bits per heavy atom. The number of nitrogens with one attached hydrogen (secondary N) is 1. The molecule has 2 aromatic carbocycles. The van der Waals surface area contributed by atoms with Crippen LogP contribution in [0, 0.1) is 18.6 Å². The first-order valence-electron chi connectivity index (χ1n) is 12.3. The molecule has 0 saturated heterocycles. The molecule has 0 aromatic heterocycles. The van der Waals surface area contributed by atoms with Crippen molar-refractivity contribution in [2.45, 2.75) is 53.5 Å². The number of aryl methyl sites for hydroxylation is 1. The third-order valence-corrected chi connectivity index (χ3v) is 6.28. The Labute approximate surface area is 217 Å². The molecular weight excluding hydrogens is 472 g/mol. The van der Waals surface area contributed by atoms with Gasteiger partial charge in [-0.2, -0.15) is 0 Å². The summed E-state index contributed by atoms with van der Waals surface area (Å²) in [5.74, 6) is -1.85. The fourth-order valence-electron chi connectivity index (χ4n) is 4.28. The van der Waals surface area contributed by atoms with Crippen molar-refractivity contribution in [2.75, 3.05) is 0 Å². The van der Waals surface area contributed by atoms with Gasteiger partial charge >= 0.3 is 5.97 Å². The quantitative estimate of drug-likeness (QED) is 0.268. The van der Waals surface area contributed by atoms with E-state index in [0.29, 0.717) is 22.8 Å². The molecule has 0 bridgehead atoms. The summed E-state index contributed by atoms with van der Waals surface area (Å²) in [5, 5.41) is 12.9. The molecule has 1 aliphatic heterocycles. The monoisotopic (exact) mass is 505 g/mol. The third kappa shape index (κ3) is 6.08. The molecule has 194 valence electrons. The number of carboxylic acids is 1. The Morgan fingerprint density at radius 1 is 1.19 bits per heavy atom. The Morgan fingerprint density at radius 3 is 2.54 bits per heavy atom. The summed E-state index contributed by atoms with van der Waals surface area (Å²) in [4.78, 5) is 11.7. The maximum Gasteiger partial charge on any atom is 0.333 e.